The molecule has 0 unspecified atom stereocenters. The van der Waals surface area contributed by atoms with E-state index in [-0.39, 0.29) is 36.9 Å². The number of aliphatic hydroxyl groups excluding tert-OH is 1. The van der Waals surface area contributed by atoms with Gasteiger partial charge in [-0.3, -0.25) is 0 Å². The van der Waals surface area contributed by atoms with Gasteiger partial charge in [-0.1, -0.05) is 0 Å². The van der Waals surface area contributed by atoms with Crippen molar-refractivity contribution >= 4 is 11.4 Å². The molecule has 2 heterocycles. The van der Waals surface area contributed by atoms with Crippen LogP contribution in [0.25, 0.3) is 6.15 Å². The number of nitrogens with two attached hydrogens (primary N) is 2. The van der Waals surface area contributed by atoms with Gasteiger partial charge in [0.1, 0.15) is 26.4 Å². The standard InChI is InChI=1S/C14H20N2O2.C14H23NO2.H2N.H2O.Zn/c1-14(2,15)13(17)11-3-5-12(6-4-11)16-7-9-18-10-8-16;1-11(2)14(16)12-3-5-13(6-4-12)15-7-9-17-10-8-15;;;/h3-6H,7-10,15H2,1-2H3;12H,3-10H2,1-2H3;2*1H2;/q;;-1;;+2/p+1. The molecular weight excluding hydrogens is 538 g/mol. The Hall–Kier alpha value is -1.68. The summed E-state index contributed by atoms with van der Waals surface area (Å²) in [6.07, 6.45) is 12.1. The van der Waals surface area contributed by atoms with Gasteiger partial charge in [-0.05, 0) is 63.8 Å². The third-order valence-corrected chi connectivity index (χ3v) is 7.01. The summed E-state index contributed by atoms with van der Waals surface area (Å²) in [6, 6.07) is 0. The van der Waals surface area contributed by atoms with Gasteiger partial charge in [0.25, 0.3) is 0 Å². The van der Waals surface area contributed by atoms with Crippen molar-refractivity contribution in [2.45, 2.75) is 58.9 Å². The summed E-state index contributed by atoms with van der Waals surface area (Å²) in [5.74, 6) is 0.992. The van der Waals surface area contributed by atoms with Crippen molar-refractivity contribution in [3.8, 4) is 0 Å². The summed E-state index contributed by atoms with van der Waals surface area (Å²) in [5, 5.41) is 22.0. The van der Waals surface area contributed by atoms with E-state index in [0.717, 1.165) is 89.6 Å². The zero-order valence-electron chi connectivity index (χ0n) is 23.8. The van der Waals surface area contributed by atoms with Crippen LogP contribution in [0.4, 0.5) is 0 Å². The molecule has 1 saturated carbocycles. The SMILES string of the molecule is CC(C)(N)C([O-])=C1C=CC(=[N+]2CCOCC2)C=C1.CC(C)=C(O)C1CCC(=[N+]2CCOCC2)CC1.O.[NH2-].[Zn+2]. The fourth-order valence-corrected chi connectivity index (χ4v) is 4.85. The molecule has 0 amide bonds. The molecule has 3 fully saturated rings. The number of ether oxygens (including phenoxy) is 2. The average Bonchev–Trinajstić information content (AvgIpc) is 2.89. The Kier molecular flexibility index (Phi) is 16.4. The molecule has 0 radical (unpaired) electrons. The van der Waals surface area contributed by atoms with Crippen molar-refractivity contribution < 1.29 is 53.8 Å². The van der Waals surface area contributed by atoms with E-state index >= 15 is 0 Å². The zero-order valence-corrected chi connectivity index (χ0v) is 26.8. The summed E-state index contributed by atoms with van der Waals surface area (Å²) >= 11 is 0. The number of nitrogens with zero attached hydrogens (tertiary/aromatic N) is 2. The summed E-state index contributed by atoms with van der Waals surface area (Å²) < 4.78 is 15.4. The minimum atomic E-state index is -0.819. The van der Waals surface area contributed by atoms with Gasteiger partial charge in [-0.2, -0.15) is 0 Å². The van der Waals surface area contributed by atoms with E-state index < -0.39 is 5.54 Å². The summed E-state index contributed by atoms with van der Waals surface area (Å²) in [5.41, 5.74) is 9.44. The maximum Gasteiger partial charge on any atom is 2.00 e. The van der Waals surface area contributed by atoms with Crippen molar-refractivity contribution in [2.24, 2.45) is 11.7 Å². The summed E-state index contributed by atoms with van der Waals surface area (Å²) in [6.45, 7) is 14.6. The van der Waals surface area contributed by atoms with Gasteiger partial charge in [0.2, 0.25) is 0 Å². The second kappa shape index (κ2) is 17.1. The zero-order chi connectivity index (χ0) is 25.4. The Morgan fingerprint density at radius 2 is 1.37 bits per heavy atom. The third kappa shape index (κ3) is 10.5. The Balaban J connectivity index is 0.000000669. The van der Waals surface area contributed by atoms with Crippen molar-refractivity contribution in [2.75, 3.05) is 52.6 Å². The monoisotopic (exact) mass is 584 g/mol. The van der Waals surface area contributed by atoms with Gasteiger partial charge in [0.15, 0.2) is 37.6 Å². The first-order chi connectivity index (χ1) is 16.7. The molecule has 0 aromatic heterocycles. The van der Waals surface area contributed by atoms with Gasteiger partial charge in [0, 0.05) is 36.5 Å². The van der Waals surface area contributed by atoms with Crippen LogP contribution in [0.5, 0.6) is 0 Å². The van der Waals surface area contributed by atoms with Crippen LogP contribution in [-0.2, 0) is 29.0 Å². The molecule has 2 aliphatic heterocycles. The summed E-state index contributed by atoms with van der Waals surface area (Å²) in [7, 11) is 0. The van der Waals surface area contributed by atoms with Crippen LogP contribution < -0.4 is 10.8 Å². The Labute approximate surface area is 241 Å². The number of allylic oxidation sites excluding steroid dienone is 7. The number of rotatable bonds is 2. The number of morpholine rings is 2. The van der Waals surface area contributed by atoms with E-state index in [1.807, 2.05) is 38.2 Å². The minimum Gasteiger partial charge on any atom is -0.874 e. The minimum absolute atomic E-state index is 0. The molecule has 210 valence electrons. The molecule has 2 saturated heterocycles. The first-order valence-electron chi connectivity index (χ1n) is 13.0. The molecule has 0 spiro atoms. The van der Waals surface area contributed by atoms with E-state index in [4.69, 9.17) is 15.2 Å². The van der Waals surface area contributed by atoms with Crippen LogP contribution in [0.2, 0.25) is 0 Å². The number of hydrogen-bond donors (Lipinski definition) is 2. The van der Waals surface area contributed by atoms with Gasteiger partial charge >= 0.3 is 19.5 Å². The van der Waals surface area contributed by atoms with Crippen molar-refractivity contribution in [1.82, 2.24) is 0 Å². The fourth-order valence-electron chi connectivity index (χ4n) is 4.85. The predicted octanol–water partition coefficient (Wildman–Crippen LogP) is 2.35. The van der Waals surface area contributed by atoms with Crippen LogP contribution in [0, 0.1) is 5.92 Å². The molecule has 2 aliphatic carbocycles. The Morgan fingerprint density at radius 3 is 1.79 bits per heavy atom. The van der Waals surface area contributed by atoms with E-state index in [1.165, 1.54) is 0 Å². The van der Waals surface area contributed by atoms with Crippen molar-refractivity contribution in [1.29, 1.82) is 0 Å². The molecule has 9 nitrogen and oxygen atoms in total. The molecule has 0 bridgehead atoms. The van der Waals surface area contributed by atoms with Gasteiger partial charge in [-0.25, -0.2) is 9.15 Å². The maximum absolute atomic E-state index is 12.0. The third-order valence-electron chi connectivity index (χ3n) is 7.01. The fraction of sp³-hybridized carbons (Fsp3) is 0.643. The molecule has 0 atom stereocenters. The predicted molar refractivity (Wildman–Crippen MR) is 147 cm³/mol. The molecule has 7 N–H and O–H groups in total. The van der Waals surface area contributed by atoms with Gasteiger partial charge < -0.3 is 37.0 Å². The van der Waals surface area contributed by atoms with Crippen molar-refractivity contribution in [3.05, 3.63) is 53.1 Å². The molecule has 38 heavy (non-hydrogen) atoms. The summed E-state index contributed by atoms with van der Waals surface area (Å²) in [4.78, 5) is 0. The maximum atomic E-state index is 12.0. The normalized spacial score (nSPS) is 21.3. The van der Waals surface area contributed by atoms with E-state index in [0.29, 0.717) is 17.3 Å². The number of hydrogen-bond acceptors (Lipinski definition) is 5. The topological polar surface area (TPSA) is 159 Å². The van der Waals surface area contributed by atoms with Crippen LogP contribution in [0.3, 0.4) is 0 Å². The molecule has 4 aliphatic rings. The van der Waals surface area contributed by atoms with Crippen LogP contribution in [0.15, 0.2) is 47.0 Å². The van der Waals surface area contributed by atoms with E-state index in [1.54, 1.807) is 19.6 Å². The smallest absolute Gasteiger partial charge is 0.874 e. The van der Waals surface area contributed by atoms with Crippen LogP contribution in [0.1, 0.15) is 53.4 Å². The largest absolute Gasteiger partial charge is 2.00 e. The molecular formula is C28H48N4O5Zn+2. The van der Waals surface area contributed by atoms with Gasteiger partial charge in [0.05, 0.1) is 5.76 Å². The van der Waals surface area contributed by atoms with Crippen LogP contribution in [-0.4, -0.2) is 89.3 Å². The quantitative estimate of drug-likeness (QED) is 0.289. The number of aliphatic hydroxyl groups is 1. The Bertz CT molecular complexity index is 913. The molecule has 10 heteroatoms. The first-order valence-corrected chi connectivity index (χ1v) is 13.0. The van der Waals surface area contributed by atoms with E-state index in [9.17, 15) is 10.2 Å². The van der Waals surface area contributed by atoms with Crippen molar-refractivity contribution in [3.63, 3.8) is 0 Å². The Morgan fingerprint density at radius 1 is 0.921 bits per heavy atom. The second-order valence-corrected chi connectivity index (χ2v) is 10.5. The molecule has 0 aromatic rings. The second-order valence-electron chi connectivity index (χ2n) is 10.5. The van der Waals surface area contributed by atoms with E-state index in [2.05, 4.69) is 9.15 Å². The average molecular weight is 586 g/mol. The molecule has 0 aromatic carbocycles. The molecule has 4 rings (SSSR count). The van der Waals surface area contributed by atoms with Gasteiger partial charge in [-0.15, -0.1) is 5.76 Å². The first kappa shape index (κ1) is 36.3. The van der Waals surface area contributed by atoms with Crippen LogP contribution >= 0.6 is 0 Å².